The van der Waals surface area contributed by atoms with Crippen LogP contribution in [0.15, 0.2) is 89.4 Å². The Hall–Kier alpha value is -2.96. The molecule has 4 atom stereocenters. The maximum absolute atomic E-state index is 15.4. The number of carboxylic acids is 1. The van der Waals surface area contributed by atoms with Crippen molar-refractivity contribution in [3.63, 3.8) is 0 Å². The molecule has 176 valence electrons. The fraction of sp³-hybridized carbons (Fsp3) is 0.250. The van der Waals surface area contributed by atoms with Crippen molar-refractivity contribution in [1.29, 1.82) is 0 Å². The first kappa shape index (κ1) is 24.2. The summed E-state index contributed by atoms with van der Waals surface area (Å²) in [5.41, 5.74) is 3.19. The normalized spacial score (nSPS) is 22.2. The number of rotatable bonds is 7. The average Bonchev–Trinajstić information content (AvgIpc) is 2.84. The molecule has 1 N–H and O–H groups in total. The van der Waals surface area contributed by atoms with Gasteiger partial charge >= 0.3 is 5.97 Å². The Bertz CT molecular complexity index is 1170. The smallest absolute Gasteiger partial charge is 0.341 e. The van der Waals surface area contributed by atoms with E-state index in [2.05, 4.69) is 34.6 Å². The van der Waals surface area contributed by atoms with Crippen LogP contribution in [0.4, 0.5) is 4.39 Å². The molecule has 0 saturated carbocycles. The predicted molar refractivity (Wildman–Crippen MR) is 132 cm³/mol. The van der Waals surface area contributed by atoms with Crippen molar-refractivity contribution in [1.82, 2.24) is 0 Å². The number of ether oxygens (including phenoxy) is 2. The van der Waals surface area contributed by atoms with Gasteiger partial charge < -0.3 is 14.6 Å². The van der Waals surface area contributed by atoms with E-state index in [-0.39, 0.29) is 29.3 Å². The molecule has 34 heavy (non-hydrogen) atoms. The maximum atomic E-state index is 15.4. The third-order valence-corrected chi connectivity index (χ3v) is 6.86. The van der Waals surface area contributed by atoms with E-state index in [9.17, 15) is 4.79 Å². The van der Waals surface area contributed by atoms with E-state index in [4.69, 9.17) is 14.6 Å². The van der Waals surface area contributed by atoms with E-state index in [0.29, 0.717) is 10.9 Å². The summed E-state index contributed by atoms with van der Waals surface area (Å²) in [7, 11) is 0. The first-order valence-electron chi connectivity index (χ1n) is 11.1. The van der Waals surface area contributed by atoms with Gasteiger partial charge in [-0.1, -0.05) is 72.8 Å². The summed E-state index contributed by atoms with van der Waals surface area (Å²) < 4.78 is 28.1. The molecule has 3 aromatic carbocycles. The van der Waals surface area contributed by atoms with Gasteiger partial charge in [-0.3, -0.25) is 0 Å². The quantitative estimate of drug-likeness (QED) is 0.331. The number of carbonyl (C=O) groups is 1. The second-order valence-corrected chi connectivity index (χ2v) is 9.40. The molecule has 3 aromatic rings. The lowest BCUT2D eigenvalue weighted by Crippen LogP contribution is -2.32. The minimum atomic E-state index is -1.14. The highest BCUT2D eigenvalue weighted by Crippen LogP contribution is 2.54. The first-order valence-corrected chi connectivity index (χ1v) is 11.9. The molecule has 0 amide bonds. The van der Waals surface area contributed by atoms with E-state index in [1.807, 2.05) is 55.5 Å². The zero-order chi connectivity index (χ0) is 24.2. The lowest BCUT2D eigenvalue weighted by molar-refractivity contribution is -0.139. The molecule has 4 rings (SSSR count). The number of halogens is 2. The van der Waals surface area contributed by atoms with Crippen LogP contribution < -0.4 is 4.74 Å². The average molecular weight is 525 g/mol. The van der Waals surface area contributed by atoms with E-state index in [1.165, 1.54) is 12.1 Å². The van der Waals surface area contributed by atoms with Crippen molar-refractivity contribution in [2.75, 3.05) is 6.61 Å². The molecule has 0 aromatic heterocycles. The molecule has 1 heterocycles. The molecule has 1 saturated heterocycles. The van der Waals surface area contributed by atoms with Crippen LogP contribution in [-0.2, 0) is 9.53 Å². The summed E-state index contributed by atoms with van der Waals surface area (Å²) in [5.74, 6) is -1.69. The zero-order valence-electron chi connectivity index (χ0n) is 18.8. The Morgan fingerprint density at radius 1 is 1.06 bits per heavy atom. The van der Waals surface area contributed by atoms with Crippen molar-refractivity contribution >= 4 is 21.9 Å². The lowest BCUT2D eigenvalue weighted by atomic mass is 9.74. The van der Waals surface area contributed by atoms with Crippen LogP contribution >= 0.6 is 15.9 Å². The van der Waals surface area contributed by atoms with Gasteiger partial charge in [0.05, 0.1) is 22.2 Å². The Balaban J connectivity index is 1.83. The highest BCUT2D eigenvalue weighted by Gasteiger charge is 2.43. The highest BCUT2D eigenvalue weighted by molar-refractivity contribution is 9.10. The molecule has 0 aliphatic carbocycles. The Morgan fingerprint density at radius 3 is 2.26 bits per heavy atom. The molecule has 1 aliphatic heterocycles. The summed E-state index contributed by atoms with van der Waals surface area (Å²) in [4.78, 5) is 11.2. The largest absolute Gasteiger partial charge is 0.480 e. The van der Waals surface area contributed by atoms with Gasteiger partial charge in [0.15, 0.2) is 6.61 Å². The molecular formula is C28H26BrFO4. The van der Waals surface area contributed by atoms with Gasteiger partial charge in [-0.05, 0) is 52.5 Å². The van der Waals surface area contributed by atoms with Gasteiger partial charge in [-0.15, -0.1) is 0 Å². The number of carboxylic acid groups (broad SMARTS) is 1. The Kier molecular flexibility index (Phi) is 7.49. The third-order valence-electron chi connectivity index (χ3n) is 6.24. The SMILES string of the molecule is C=C(C)[C@H]1C[C@H](c2ccccc2)[C@H](c2ccccc2)O[C@@H]1c1c(F)ccc(Br)c1OCC(=O)O. The lowest BCUT2D eigenvalue weighted by Gasteiger charge is -2.43. The van der Waals surface area contributed by atoms with Crippen LogP contribution in [0.5, 0.6) is 5.75 Å². The van der Waals surface area contributed by atoms with Gasteiger partial charge in [0.25, 0.3) is 0 Å². The molecule has 0 unspecified atom stereocenters. The second-order valence-electron chi connectivity index (χ2n) is 8.55. The van der Waals surface area contributed by atoms with Gasteiger partial charge in [-0.2, -0.15) is 0 Å². The van der Waals surface area contributed by atoms with E-state index in [0.717, 1.165) is 16.7 Å². The fourth-order valence-electron chi connectivity index (χ4n) is 4.66. The predicted octanol–water partition coefficient (Wildman–Crippen LogP) is 7.23. The summed E-state index contributed by atoms with van der Waals surface area (Å²) in [6.45, 7) is 5.51. The van der Waals surface area contributed by atoms with Crippen LogP contribution in [0.25, 0.3) is 0 Å². The highest BCUT2D eigenvalue weighted by atomic mass is 79.9. The fourth-order valence-corrected chi connectivity index (χ4v) is 5.12. The standard InChI is InChI=1S/C28H26BrFO4/c1-17(2)20-15-21(18-9-5-3-6-10-18)26(19-11-7-4-8-12-19)34-27(20)25-23(30)14-13-22(29)28(25)33-16-24(31)32/h3-14,20-21,26-27H,1,15-16H2,2H3,(H,31,32)/t20-,21-,26+,27+/m1/s1. The van der Waals surface area contributed by atoms with Crippen LogP contribution in [0.2, 0.25) is 0 Å². The maximum Gasteiger partial charge on any atom is 0.341 e. The van der Waals surface area contributed by atoms with E-state index < -0.39 is 24.5 Å². The third kappa shape index (κ3) is 5.08. The molecule has 1 fully saturated rings. The van der Waals surface area contributed by atoms with Crippen molar-refractivity contribution in [3.8, 4) is 5.75 Å². The van der Waals surface area contributed by atoms with Gasteiger partial charge in [-0.25, -0.2) is 9.18 Å². The molecule has 0 radical (unpaired) electrons. The monoisotopic (exact) mass is 524 g/mol. The summed E-state index contributed by atoms with van der Waals surface area (Å²) in [6, 6.07) is 22.9. The molecule has 0 spiro atoms. The second kappa shape index (κ2) is 10.5. The molecule has 1 aliphatic rings. The molecule has 0 bridgehead atoms. The van der Waals surface area contributed by atoms with Crippen molar-refractivity contribution in [3.05, 3.63) is 112 Å². The van der Waals surface area contributed by atoms with Gasteiger partial charge in [0.2, 0.25) is 0 Å². The minimum absolute atomic E-state index is 0.0279. The summed E-state index contributed by atoms with van der Waals surface area (Å²) in [5, 5.41) is 9.15. The Morgan fingerprint density at radius 2 is 1.68 bits per heavy atom. The minimum Gasteiger partial charge on any atom is -0.480 e. The van der Waals surface area contributed by atoms with Crippen molar-refractivity contribution < 1.29 is 23.8 Å². The van der Waals surface area contributed by atoms with Crippen LogP contribution in [-0.4, -0.2) is 17.7 Å². The van der Waals surface area contributed by atoms with Crippen LogP contribution in [0.3, 0.4) is 0 Å². The number of benzene rings is 3. The first-order chi connectivity index (χ1) is 16.4. The Labute approximate surface area is 207 Å². The van der Waals surface area contributed by atoms with Crippen molar-refractivity contribution in [2.24, 2.45) is 5.92 Å². The van der Waals surface area contributed by atoms with E-state index in [1.54, 1.807) is 0 Å². The van der Waals surface area contributed by atoms with Crippen molar-refractivity contribution in [2.45, 2.75) is 31.5 Å². The topological polar surface area (TPSA) is 55.8 Å². The molecule has 4 nitrogen and oxygen atoms in total. The van der Waals surface area contributed by atoms with Crippen LogP contribution in [0, 0.1) is 11.7 Å². The van der Waals surface area contributed by atoms with Crippen LogP contribution in [0.1, 0.15) is 48.2 Å². The summed E-state index contributed by atoms with van der Waals surface area (Å²) in [6.07, 6.45) is -0.354. The van der Waals surface area contributed by atoms with E-state index >= 15 is 4.39 Å². The number of hydrogen-bond donors (Lipinski definition) is 1. The van der Waals surface area contributed by atoms with Gasteiger partial charge in [0.1, 0.15) is 11.6 Å². The molecular weight excluding hydrogens is 499 g/mol. The number of aliphatic carboxylic acids is 1. The number of hydrogen-bond acceptors (Lipinski definition) is 3. The molecule has 6 heteroatoms. The zero-order valence-corrected chi connectivity index (χ0v) is 20.4. The summed E-state index contributed by atoms with van der Waals surface area (Å²) >= 11 is 3.40. The van der Waals surface area contributed by atoms with Gasteiger partial charge in [0, 0.05) is 11.8 Å².